The summed E-state index contributed by atoms with van der Waals surface area (Å²) >= 11 is 0. The molecule has 0 saturated heterocycles. The molecule has 23 heavy (non-hydrogen) atoms. The lowest BCUT2D eigenvalue weighted by molar-refractivity contribution is -0.117. The Morgan fingerprint density at radius 3 is 2.57 bits per heavy atom. The first-order valence-corrected chi connectivity index (χ1v) is 7.43. The molecule has 0 saturated carbocycles. The molecule has 1 amide bonds. The molecule has 2 aromatic carbocycles. The fourth-order valence-electron chi connectivity index (χ4n) is 2.48. The Morgan fingerprint density at radius 2 is 1.83 bits per heavy atom. The van der Waals surface area contributed by atoms with Crippen LogP contribution in [-0.2, 0) is 4.79 Å². The number of benzene rings is 2. The normalized spacial score (nSPS) is 10.7. The van der Waals surface area contributed by atoms with E-state index in [9.17, 15) is 4.79 Å². The largest absolute Gasteiger partial charge is 0.397 e. The van der Waals surface area contributed by atoms with Crippen LogP contribution in [0.15, 0.2) is 54.7 Å². The number of para-hydroxylation sites is 1. The van der Waals surface area contributed by atoms with E-state index in [1.165, 1.54) is 0 Å². The van der Waals surface area contributed by atoms with Gasteiger partial charge >= 0.3 is 0 Å². The van der Waals surface area contributed by atoms with Gasteiger partial charge in [0.2, 0.25) is 5.91 Å². The second kappa shape index (κ2) is 5.96. The van der Waals surface area contributed by atoms with E-state index >= 15 is 0 Å². The molecule has 116 valence electrons. The highest BCUT2D eigenvalue weighted by Crippen LogP contribution is 2.31. The van der Waals surface area contributed by atoms with Gasteiger partial charge in [-0.25, -0.2) is 0 Å². The Morgan fingerprint density at radius 1 is 1.04 bits per heavy atom. The Labute approximate surface area is 134 Å². The summed E-state index contributed by atoms with van der Waals surface area (Å²) in [5.74, 6) is -0.0359. The smallest absolute Gasteiger partial charge is 0.231 e. The molecule has 0 unspecified atom stereocenters. The quantitative estimate of drug-likeness (QED) is 0.725. The van der Waals surface area contributed by atoms with E-state index in [-0.39, 0.29) is 5.91 Å². The molecule has 0 bridgehead atoms. The van der Waals surface area contributed by atoms with E-state index in [1.54, 1.807) is 29.3 Å². The predicted molar refractivity (Wildman–Crippen MR) is 94.4 cm³/mol. The summed E-state index contributed by atoms with van der Waals surface area (Å²) in [5.41, 5.74) is 14.9. The number of anilines is 4. The minimum Gasteiger partial charge on any atom is -0.397 e. The molecule has 4 N–H and O–H groups in total. The Bertz CT molecular complexity index is 876. The molecule has 0 radical (unpaired) electrons. The van der Waals surface area contributed by atoms with Gasteiger partial charge in [-0.2, -0.15) is 0 Å². The standard InChI is InChI=1S/C18H18N4O/c1-2-18(23)22(13-7-8-15(19)16(20)10-13)14-9-12-5-3-4-6-17(12)21-11-14/h3-11H,2,19-20H2,1H3. The first-order chi connectivity index (χ1) is 11.1. The molecule has 1 aromatic heterocycles. The zero-order chi connectivity index (χ0) is 16.4. The highest BCUT2D eigenvalue weighted by Gasteiger charge is 2.18. The molecule has 0 fully saturated rings. The highest BCUT2D eigenvalue weighted by atomic mass is 16.2. The monoisotopic (exact) mass is 306 g/mol. The van der Waals surface area contributed by atoms with Crippen LogP contribution < -0.4 is 16.4 Å². The summed E-state index contributed by atoms with van der Waals surface area (Å²) < 4.78 is 0. The lowest BCUT2D eigenvalue weighted by Crippen LogP contribution is -2.25. The fourth-order valence-corrected chi connectivity index (χ4v) is 2.48. The van der Waals surface area contributed by atoms with Gasteiger partial charge in [0.05, 0.1) is 34.5 Å². The number of pyridine rings is 1. The van der Waals surface area contributed by atoms with Gasteiger partial charge in [0.1, 0.15) is 0 Å². The van der Waals surface area contributed by atoms with Gasteiger partial charge in [-0.3, -0.25) is 14.7 Å². The fraction of sp³-hybridized carbons (Fsp3) is 0.111. The van der Waals surface area contributed by atoms with Gasteiger partial charge in [0.25, 0.3) is 0 Å². The van der Waals surface area contributed by atoms with Crippen molar-refractivity contribution in [2.75, 3.05) is 16.4 Å². The van der Waals surface area contributed by atoms with Crippen LogP contribution in [0.1, 0.15) is 13.3 Å². The maximum atomic E-state index is 12.5. The molecular formula is C18H18N4O. The number of carbonyl (C=O) groups is 1. The van der Waals surface area contributed by atoms with Crippen LogP contribution in [-0.4, -0.2) is 10.9 Å². The second-order valence-corrected chi connectivity index (χ2v) is 5.28. The number of carbonyl (C=O) groups excluding carboxylic acids is 1. The average Bonchev–Trinajstić information content (AvgIpc) is 2.58. The van der Waals surface area contributed by atoms with Crippen molar-refractivity contribution in [3.05, 3.63) is 54.7 Å². The van der Waals surface area contributed by atoms with E-state index in [1.807, 2.05) is 37.3 Å². The van der Waals surface area contributed by atoms with Crippen molar-refractivity contribution in [3.63, 3.8) is 0 Å². The number of fused-ring (bicyclic) bond motifs is 1. The van der Waals surface area contributed by atoms with Crippen LogP contribution in [0, 0.1) is 0 Å². The molecule has 5 heteroatoms. The molecule has 0 spiro atoms. The first-order valence-electron chi connectivity index (χ1n) is 7.43. The van der Waals surface area contributed by atoms with Crippen molar-refractivity contribution < 1.29 is 4.79 Å². The molecule has 0 aliphatic heterocycles. The number of nitrogen functional groups attached to an aromatic ring is 2. The lowest BCUT2D eigenvalue weighted by Gasteiger charge is -2.23. The van der Waals surface area contributed by atoms with Crippen LogP contribution in [0.4, 0.5) is 22.7 Å². The molecule has 3 aromatic rings. The van der Waals surface area contributed by atoms with Crippen molar-refractivity contribution in [1.29, 1.82) is 0 Å². The van der Waals surface area contributed by atoms with Gasteiger partial charge in [0.15, 0.2) is 0 Å². The number of hydrogen-bond acceptors (Lipinski definition) is 4. The number of rotatable bonds is 3. The molecular weight excluding hydrogens is 288 g/mol. The molecule has 0 aliphatic rings. The SMILES string of the molecule is CCC(=O)N(c1ccc(N)c(N)c1)c1cnc2ccccc2c1. The van der Waals surface area contributed by atoms with Crippen molar-refractivity contribution in [1.82, 2.24) is 4.98 Å². The Hall–Kier alpha value is -3.08. The number of nitrogens with two attached hydrogens (primary N) is 2. The van der Waals surface area contributed by atoms with Gasteiger partial charge < -0.3 is 11.5 Å². The topological polar surface area (TPSA) is 85.2 Å². The summed E-state index contributed by atoms with van der Waals surface area (Å²) in [6.07, 6.45) is 2.07. The van der Waals surface area contributed by atoms with Gasteiger partial charge in [-0.1, -0.05) is 25.1 Å². The Balaban J connectivity index is 2.13. The van der Waals surface area contributed by atoms with Crippen LogP contribution in [0.25, 0.3) is 10.9 Å². The van der Waals surface area contributed by atoms with E-state index in [0.29, 0.717) is 29.2 Å². The predicted octanol–water partition coefficient (Wildman–Crippen LogP) is 3.47. The second-order valence-electron chi connectivity index (χ2n) is 5.28. The molecule has 0 aliphatic carbocycles. The zero-order valence-corrected chi connectivity index (χ0v) is 12.9. The van der Waals surface area contributed by atoms with Crippen LogP contribution in [0.2, 0.25) is 0 Å². The van der Waals surface area contributed by atoms with E-state index < -0.39 is 0 Å². The van der Waals surface area contributed by atoms with Crippen molar-refractivity contribution in [2.24, 2.45) is 0 Å². The van der Waals surface area contributed by atoms with Gasteiger partial charge in [-0.05, 0) is 30.3 Å². The molecule has 0 atom stereocenters. The van der Waals surface area contributed by atoms with Gasteiger partial charge in [0, 0.05) is 11.8 Å². The third-order valence-corrected chi connectivity index (χ3v) is 3.71. The lowest BCUT2D eigenvalue weighted by atomic mass is 10.1. The minimum atomic E-state index is -0.0359. The van der Waals surface area contributed by atoms with E-state index in [2.05, 4.69) is 4.98 Å². The van der Waals surface area contributed by atoms with Crippen molar-refractivity contribution >= 4 is 39.6 Å². The average molecular weight is 306 g/mol. The van der Waals surface area contributed by atoms with Crippen LogP contribution >= 0.6 is 0 Å². The number of nitrogens with zero attached hydrogens (tertiary/aromatic N) is 2. The molecule has 3 rings (SSSR count). The summed E-state index contributed by atoms with van der Waals surface area (Å²) in [5, 5.41) is 0.974. The zero-order valence-electron chi connectivity index (χ0n) is 12.9. The van der Waals surface area contributed by atoms with Gasteiger partial charge in [-0.15, -0.1) is 0 Å². The van der Waals surface area contributed by atoms with Crippen molar-refractivity contribution in [2.45, 2.75) is 13.3 Å². The summed E-state index contributed by atoms with van der Waals surface area (Å²) in [6.45, 7) is 1.82. The molecule has 1 heterocycles. The van der Waals surface area contributed by atoms with Crippen LogP contribution in [0.3, 0.4) is 0 Å². The first kappa shape index (κ1) is 14.8. The number of amides is 1. The van der Waals surface area contributed by atoms with Crippen LogP contribution in [0.5, 0.6) is 0 Å². The van der Waals surface area contributed by atoms with E-state index in [0.717, 1.165) is 10.9 Å². The maximum Gasteiger partial charge on any atom is 0.231 e. The Kier molecular flexibility index (Phi) is 3.85. The highest BCUT2D eigenvalue weighted by molar-refractivity contribution is 6.02. The minimum absolute atomic E-state index is 0.0359. The molecule has 5 nitrogen and oxygen atoms in total. The summed E-state index contributed by atoms with van der Waals surface area (Å²) in [4.78, 5) is 18.5. The number of hydrogen-bond donors (Lipinski definition) is 2. The van der Waals surface area contributed by atoms with E-state index in [4.69, 9.17) is 11.5 Å². The third kappa shape index (κ3) is 2.81. The third-order valence-electron chi connectivity index (χ3n) is 3.71. The van der Waals surface area contributed by atoms with Crippen molar-refractivity contribution in [3.8, 4) is 0 Å². The maximum absolute atomic E-state index is 12.5. The number of aromatic nitrogens is 1. The summed E-state index contributed by atoms with van der Waals surface area (Å²) in [7, 11) is 0. The summed E-state index contributed by atoms with van der Waals surface area (Å²) in [6, 6.07) is 14.9.